The number of hydrogen-bond acceptors (Lipinski definition) is 4. The standard InChI is InChI=1S/C21H23N5O2S/c1-2-3-4-15-12-19(24-21(28)22-16-9-10-29-13-16)26(25-15)17-6-7-18-14(11-17)5-8-20(27)23-18/h6-7,9-13H,2-5,8H2,1H3,(H,23,27)(H2,22,24,28). The Balaban J connectivity index is 1.61. The Morgan fingerprint density at radius 1 is 1.24 bits per heavy atom. The number of amides is 3. The minimum Gasteiger partial charge on any atom is -0.326 e. The number of rotatable bonds is 6. The lowest BCUT2D eigenvalue weighted by molar-refractivity contribution is -0.116. The third-order valence-corrected chi connectivity index (χ3v) is 5.48. The number of carbonyl (C=O) groups is 2. The fourth-order valence-corrected chi connectivity index (χ4v) is 3.90. The van der Waals surface area contributed by atoms with Gasteiger partial charge in [-0.2, -0.15) is 16.4 Å². The molecular formula is C21H23N5O2S. The summed E-state index contributed by atoms with van der Waals surface area (Å²) in [6.07, 6.45) is 4.14. The van der Waals surface area contributed by atoms with Crippen LogP contribution >= 0.6 is 11.3 Å². The van der Waals surface area contributed by atoms with Crippen LogP contribution in [0.1, 0.15) is 37.4 Å². The van der Waals surface area contributed by atoms with Gasteiger partial charge in [0, 0.05) is 23.6 Å². The van der Waals surface area contributed by atoms with Crippen LogP contribution in [0, 0.1) is 0 Å². The van der Waals surface area contributed by atoms with Gasteiger partial charge in [-0.15, -0.1) is 0 Å². The summed E-state index contributed by atoms with van der Waals surface area (Å²) < 4.78 is 1.76. The molecule has 3 N–H and O–H groups in total. The van der Waals surface area contributed by atoms with Crippen LogP contribution in [0.2, 0.25) is 0 Å². The lowest BCUT2D eigenvalue weighted by Crippen LogP contribution is -2.21. The molecule has 3 heterocycles. The number of urea groups is 1. The Morgan fingerprint density at radius 2 is 2.14 bits per heavy atom. The quantitative estimate of drug-likeness (QED) is 0.546. The number of anilines is 3. The highest BCUT2D eigenvalue weighted by Crippen LogP contribution is 2.27. The number of thiophene rings is 1. The van der Waals surface area contributed by atoms with Gasteiger partial charge in [-0.05, 0) is 54.5 Å². The van der Waals surface area contributed by atoms with Gasteiger partial charge in [-0.1, -0.05) is 13.3 Å². The number of carbonyl (C=O) groups excluding carboxylic acids is 2. The number of fused-ring (bicyclic) bond motifs is 1. The molecule has 0 aliphatic carbocycles. The summed E-state index contributed by atoms with van der Waals surface area (Å²) in [6.45, 7) is 2.14. The molecule has 0 saturated heterocycles. The van der Waals surface area contributed by atoms with Crippen LogP contribution in [-0.4, -0.2) is 21.7 Å². The van der Waals surface area contributed by atoms with Gasteiger partial charge in [-0.25, -0.2) is 9.48 Å². The van der Waals surface area contributed by atoms with E-state index >= 15 is 0 Å². The van der Waals surface area contributed by atoms with Crippen molar-refractivity contribution in [3.63, 3.8) is 0 Å². The molecule has 0 spiro atoms. The molecule has 0 unspecified atom stereocenters. The Morgan fingerprint density at radius 3 is 2.93 bits per heavy atom. The van der Waals surface area contributed by atoms with Gasteiger partial charge >= 0.3 is 6.03 Å². The summed E-state index contributed by atoms with van der Waals surface area (Å²) in [5.74, 6) is 0.655. The molecule has 8 heteroatoms. The van der Waals surface area contributed by atoms with Crippen molar-refractivity contribution in [2.45, 2.75) is 39.0 Å². The second-order valence-electron chi connectivity index (χ2n) is 7.02. The smallest absolute Gasteiger partial charge is 0.324 e. The normalized spacial score (nSPS) is 12.9. The van der Waals surface area contributed by atoms with E-state index in [1.165, 1.54) is 11.3 Å². The molecule has 1 aliphatic heterocycles. The van der Waals surface area contributed by atoms with Gasteiger partial charge in [0.25, 0.3) is 0 Å². The first-order chi connectivity index (χ1) is 14.1. The molecule has 1 aliphatic rings. The Kier molecular flexibility index (Phi) is 5.62. The van der Waals surface area contributed by atoms with E-state index < -0.39 is 0 Å². The first-order valence-corrected chi connectivity index (χ1v) is 10.7. The van der Waals surface area contributed by atoms with Gasteiger partial charge in [0.2, 0.25) is 5.91 Å². The lowest BCUT2D eigenvalue weighted by atomic mass is 10.0. The predicted molar refractivity (Wildman–Crippen MR) is 116 cm³/mol. The van der Waals surface area contributed by atoms with Crippen LogP contribution in [0.25, 0.3) is 5.69 Å². The third kappa shape index (κ3) is 4.48. The summed E-state index contributed by atoms with van der Waals surface area (Å²) >= 11 is 1.52. The minimum absolute atomic E-state index is 0.0404. The maximum atomic E-state index is 12.4. The third-order valence-electron chi connectivity index (χ3n) is 4.80. The van der Waals surface area contributed by atoms with Crippen LogP contribution in [0.15, 0.2) is 41.1 Å². The predicted octanol–water partition coefficient (Wildman–Crippen LogP) is 4.81. The monoisotopic (exact) mass is 409 g/mol. The van der Waals surface area contributed by atoms with Crippen molar-refractivity contribution in [3.8, 4) is 5.69 Å². The second-order valence-corrected chi connectivity index (χ2v) is 7.80. The van der Waals surface area contributed by atoms with Crippen molar-refractivity contribution < 1.29 is 9.59 Å². The number of benzene rings is 1. The average molecular weight is 410 g/mol. The summed E-state index contributed by atoms with van der Waals surface area (Å²) in [5.41, 5.74) is 4.46. The molecule has 2 aromatic heterocycles. The van der Waals surface area contributed by atoms with Gasteiger partial charge < -0.3 is 10.6 Å². The molecule has 7 nitrogen and oxygen atoms in total. The molecule has 0 saturated carbocycles. The Bertz CT molecular complexity index is 1030. The molecule has 0 fully saturated rings. The van der Waals surface area contributed by atoms with Gasteiger partial charge in [0.15, 0.2) is 0 Å². The van der Waals surface area contributed by atoms with Crippen LogP contribution in [0.4, 0.5) is 22.0 Å². The molecule has 4 rings (SSSR count). The van der Waals surface area contributed by atoms with Crippen LogP contribution in [0.5, 0.6) is 0 Å². The first kappa shape index (κ1) is 19.2. The van der Waals surface area contributed by atoms with Gasteiger partial charge in [0.1, 0.15) is 5.82 Å². The Hall–Kier alpha value is -3.13. The topological polar surface area (TPSA) is 88.0 Å². The van der Waals surface area contributed by atoms with Crippen molar-refractivity contribution in [1.29, 1.82) is 0 Å². The number of nitrogens with one attached hydrogen (secondary N) is 3. The zero-order valence-corrected chi connectivity index (χ0v) is 17.0. The fraction of sp³-hybridized carbons (Fsp3) is 0.286. The maximum absolute atomic E-state index is 12.4. The van der Waals surface area contributed by atoms with E-state index in [2.05, 4.69) is 22.9 Å². The van der Waals surface area contributed by atoms with Gasteiger partial charge in [0.05, 0.1) is 17.1 Å². The first-order valence-electron chi connectivity index (χ1n) is 9.74. The van der Waals surface area contributed by atoms with E-state index in [4.69, 9.17) is 5.10 Å². The molecule has 0 atom stereocenters. The number of unbranched alkanes of at least 4 members (excludes halogenated alkanes) is 1. The second kappa shape index (κ2) is 8.48. The maximum Gasteiger partial charge on any atom is 0.324 e. The molecule has 3 amide bonds. The lowest BCUT2D eigenvalue weighted by Gasteiger charge is -2.18. The SMILES string of the molecule is CCCCc1cc(NC(=O)Nc2ccsc2)n(-c2ccc3c(c2)CCC(=O)N3)n1. The summed E-state index contributed by atoms with van der Waals surface area (Å²) in [7, 11) is 0. The number of aryl methyl sites for hydroxylation is 2. The van der Waals surface area contributed by atoms with E-state index in [1.807, 2.05) is 41.1 Å². The van der Waals surface area contributed by atoms with E-state index in [9.17, 15) is 9.59 Å². The van der Waals surface area contributed by atoms with E-state index in [1.54, 1.807) is 4.68 Å². The molecule has 150 valence electrons. The highest BCUT2D eigenvalue weighted by molar-refractivity contribution is 7.08. The van der Waals surface area contributed by atoms with Crippen molar-refractivity contribution >= 4 is 40.5 Å². The molecule has 0 radical (unpaired) electrons. The van der Waals surface area contributed by atoms with Crippen LogP contribution in [0.3, 0.4) is 0 Å². The number of aromatic nitrogens is 2. The molecule has 3 aromatic rings. The summed E-state index contributed by atoms with van der Waals surface area (Å²) in [5, 5.41) is 17.1. The van der Waals surface area contributed by atoms with E-state index in [0.29, 0.717) is 18.7 Å². The average Bonchev–Trinajstić information content (AvgIpc) is 3.36. The van der Waals surface area contributed by atoms with Crippen molar-refractivity contribution in [2.24, 2.45) is 0 Å². The molecule has 1 aromatic carbocycles. The highest BCUT2D eigenvalue weighted by atomic mass is 32.1. The number of hydrogen-bond donors (Lipinski definition) is 3. The van der Waals surface area contributed by atoms with Crippen molar-refractivity contribution in [3.05, 3.63) is 52.3 Å². The largest absolute Gasteiger partial charge is 0.326 e. The summed E-state index contributed by atoms with van der Waals surface area (Å²) in [4.78, 5) is 24.1. The highest BCUT2D eigenvalue weighted by Gasteiger charge is 2.18. The van der Waals surface area contributed by atoms with E-state index in [0.717, 1.165) is 47.6 Å². The van der Waals surface area contributed by atoms with E-state index in [-0.39, 0.29) is 11.9 Å². The number of nitrogens with zero attached hydrogens (tertiary/aromatic N) is 2. The van der Waals surface area contributed by atoms with Crippen molar-refractivity contribution in [2.75, 3.05) is 16.0 Å². The molecular weight excluding hydrogens is 386 g/mol. The van der Waals surface area contributed by atoms with Crippen LogP contribution in [-0.2, 0) is 17.6 Å². The minimum atomic E-state index is -0.309. The molecule has 29 heavy (non-hydrogen) atoms. The van der Waals surface area contributed by atoms with Crippen LogP contribution < -0.4 is 16.0 Å². The zero-order chi connectivity index (χ0) is 20.2. The summed E-state index contributed by atoms with van der Waals surface area (Å²) in [6, 6.07) is 9.29. The fourth-order valence-electron chi connectivity index (χ4n) is 3.31. The van der Waals surface area contributed by atoms with Gasteiger partial charge in [-0.3, -0.25) is 10.1 Å². The molecule has 0 bridgehead atoms. The van der Waals surface area contributed by atoms with Crippen molar-refractivity contribution in [1.82, 2.24) is 9.78 Å². The zero-order valence-electron chi connectivity index (χ0n) is 16.2. The Labute approximate surface area is 173 Å².